The monoisotopic (exact) mass is 218 g/mol. The summed E-state index contributed by atoms with van der Waals surface area (Å²) in [5.41, 5.74) is 5.21. The maximum absolute atomic E-state index is 11.2. The van der Waals surface area contributed by atoms with Gasteiger partial charge < -0.3 is 20.9 Å². The van der Waals surface area contributed by atoms with E-state index >= 15 is 0 Å². The number of nitrogens with one attached hydrogen (secondary N) is 1. The molecule has 0 aromatic heterocycles. The Labute approximate surface area is 91.0 Å². The molecule has 4 N–H and O–H groups in total. The van der Waals surface area contributed by atoms with Crippen LogP contribution >= 0.6 is 0 Å². The van der Waals surface area contributed by atoms with E-state index in [1.807, 2.05) is 6.92 Å². The van der Waals surface area contributed by atoms with Crippen molar-refractivity contribution < 1.29 is 14.6 Å². The molecule has 1 unspecified atom stereocenters. The van der Waals surface area contributed by atoms with Crippen LogP contribution in [0, 0.1) is 5.92 Å². The molecule has 0 saturated heterocycles. The molecule has 90 valence electrons. The Bertz CT molecular complexity index is 165. The highest BCUT2D eigenvalue weighted by Crippen LogP contribution is 2.05. The maximum Gasteiger partial charge on any atom is 0.246 e. The number of hydrogen-bond donors (Lipinski definition) is 3. The zero-order valence-corrected chi connectivity index (χ0v) is 9.37. The minimum atomic E-state index is -0.125. The van der Waals surface area contributed by atoms with Crippen molar-refractivity contribution in [1.29, 1.82) is 0 Å². The van der Waals surface area contributed by atoms with Crippen molar-refractivity contribution >= 4 is 5.91 Å². The Morgan fingerprint density at radius 2 is 2.33 bits per heavy atom. The third kappa shape index (κ3) is 8.35. The molecule has 0 rings (SSSR count). The molecule has 0 aromatic carbocycles. The van der Waals surface area contributed by atoms with E-state index < -0.39 is 0 Å². The Hall–Kier alpha value is -0.650. The van der Waals surface area contributed by atoms with E-state index in [-0.39, 0.29) is 19.1 Å². The molecular weight excluding hydrogens is 196 g/mol. The van der Waals surface area contributed by atoms with Crippen LogP contribution in [0.15, 0.2) is 0 Å². The highest BCUT2D eigenvalue weighted by Gasteiger charge is 2.07. The van der Waals surface area contributed by atoms with E-state index in [1.165, 1.54) is 0 Å². The van der Waals surface area contributed by atoms with Gasteiger partial charge in [-0.15, -0.1) is 0 Å². The SMILES string of the molecule is CCC(CCO)CNC(=O)COCCN. The van der Waals surface area contributed by atoms with Crippen LogP contribution < -0.4 is 11.1 Å². The van der Waals surface area contributed by atoms with Gasteiger partial charge in [0.25, 0.3) is 0 Å². The van der Waals surface area contributed by atoms with Crippen LogP contribution in [0.2, 0.25) is 0 Å². The van der Waals surface area contributed by atoms with Crippen molar-refractivity contribution in [2.75, 3.05) is 32.9 Å². The molecule has 0 bridgehead atoms. The van der Waals surface area contributed by atoms with Gasteiger partial charge in [-0.25, -0.2) is 0 Å². The predicted molar refractivity (Wildman–Crippen MR) is 58.4 cm³/mol. The zero-order valence-electron chi connectivity index (χ0n) is 9.37. The van der Waals surface area contributed by atoms with E-state index in [0.717, 1.165) is 12.8 Å². The van der Waals surface area contributed by atoms with Gasteiger partial charge in [0, 0.05) is 19.7 Å². The number of carbonyl (C=O) groups is 1. The first-order valence-electron chi connectivity index (χ1n) is 5.39. The second-order valence-corrected chi connectivity index (χ2v) is 3.43. The summed E-state index contributed by atoms with van der Waals surface area (Å²) in [4.78, 5) is 11.2. The minimum Gasteiger partial charge on any atom is -0.396 e. The molecule has 0 aliphatic heterocycles. The fraction of sp³-hybridized carbons (Fsp3) is 0.900. The molecule has 1 amide bonds. The fourth-order valence-electron chi connectivity index (χ4n) is 1.19. The van der Waals surface area contributed by atoms with E-state index in [4.69, 9.17) is 15.6 Å². The summed E-state index contributed by atoms with van der Waals surface area (Å²) in [7, 11) is 0. The molecule has 1 atom stereocenters. The Morgan fingerprint density at radius 1 is 1.60 bits per heavy atom. The lowest BCUT2D eigenvalue weighted by Gasteiger charge is -2.14. The van der Waals surface area contributed by atoms with Crippen LogP contribution in [0.25, 0.3) is 0 Å². The largest absolute Gasteiger partial charge is 0.396 e. The molecular formula is C10H22N2O3. The van der Waals surface area contributed by atoms with Gasteiger partial charge in [-0.2, -0.15) is 0 Å². The van der Waals surface area contributed by atoms with Gasteiger partial charge in [-0.3, -0.25) is 4.79 Å². The maximum atomic E-state index is 11.2. The van der Waals surface area contributed by atoms with Gasteiger partial charge in [0.15, 0.2) is 0 Å². The van der Waals surface area contributed by atoms with Crippen molar-refractivity contribution in [1.82, 2.24) is 5.32 Å². The molecule has 0 aliphatic rings. The first-order chi connectivity index (χ1) is 7.24. The van der Waals surface area contributed by atoms with Gasteiger partial charge in [0.05, 0.1) is 6.61 Å². The van der Waals surface area contributed by atoms with Crippen molar-refractivity contribution in [3.05, 3.63) is 0 Å². The average molecular weight is 218 g/mol. The Kier molecular flexibility index (Phi) is 9.46. The van der Waals surface area contributed by atoms with Gasteiger partial charge in [-0.1, -0.05) is 13.3 Å². The highest BCUT2D eigenvalue weighted by atomic mass is 16.5. The summed E-state index contributed by atoms with van der Waals surface area (Å²) in [6.07, 6.45) is 1.67. The Morgan fingerprint density at radius 3 is 2.87 bits per heavy atom. The number of nitrogens with two attached hydrogens (primary N) is 1. The van der Waals surface area contributed by atoms with Gasteiger partial charge in [-0.05, 0) is 12.3 Å². The molecule has 15 heavy (non-hydrogen) atoms. The van der Waals surface area contributed by atoms with Crippen molar-refractivity contribution in [3.8, 4) is 0 Å². The van der Waals surface area contributed by atoms with E-state index in [9.17, 15) is 4.79 Å². The number of ether oxygens (including phenoxy) is 1. The quantitative estimate of drug-likeness (QED) is 0.455. The summed E-state index contributed by atoms with van der Waals surface area (Å²) >= 11 is 0. The number of aliphatic hydroxyl groups excluding tert-OH is 1. The third-order valence-corrected chi connectivity index (χ3v) is 2.20. The number of rotatable bonds is 9. The van der Waals surface area contributed by atoms with E-state index in [2.05, 4.69) is 5.32 Å². The van der Waals surface area contributed by atoms with E-state index in [0.29, 0.717) is 25.6 Å². The topological polar surface area (TPSA) is 84.6 Å². The van der Waals surface area contributed by atoms with Crippen molar-refractivity contribution in [2.45, 2.75) is 19.8 Å². The fourth-order valence-corrected chi connectivity index (χ4v) is 1.19. The molecule has 0 radical (unpaired) electrons. The van der Waals surface area contributed by atoms with Crippen LogP contribution in [0.5, 0.6) is 0 Å². The molecule has 0 spiro atoms. The number of amides is 1. The summed E-state index contributed by atoms with van der Waals surface area (Å²) in [5.74, 6) is 0.216. The summed E-state index contributed by atoms with van der Waals surface area (Å²) in [6, 6.07) is 0. The lowest BCUT2D eigenvalue weighted by Crippen LogP contribution is -2.32. The minimum absolute atomic E-state index is 0.0623. The van der Waals surface area contributed by atoms with E-state index in [1.54, 1.807) is 0 Å². The van der Waals surface area contributed by atoms with Gasteiger partial charge in [0.2, 0.25) is 5.91 Å². The summed E-state index contributed by atoms with van der Waals surface area (Å²) in [6.45, 7) is 3.70. The van der Waals surface area contributed by atoms with Crippen LogP contribution in [0.3, 0.4) is 0 Å². The highest BCUT2D eigenvalue weighted by molar-refractivity contribution is 5.77. The number of hydrogen-bond acceptors (Lipinski definition) is 4. The molecule has 0 aliphatic carbocycles. The molecule has 0 saturated carbocycles. The molecule has 5 nitrogen and oxygen atoms in total. The second kappa shape index (κ2) is 9.89. The van der Waals surface area contributed by atoms with Crippen LogP contribution in [-0.4, -0.2) is 43.9 Å². The van der Waals surface area contributed by atoms with Gasteiger partial charge >= 0.3 is 0 Å². The lowest BCUT2D eigenvalue weighted by atomic mass is 10.0. The Balaban J connectivity index is 3.50. The number of carbonyl (C=O) groups excluding carboxylic acids is 1. The first-order valence-corrected chi connectivity index (χ1v) is 5.39. The second-order valence-electron chi connectivity index (χ2n) is 3.43. The predicted octanol–water partition coefficient (Wildman–Crippen LogP) is -0.513. The smallest absolute Gasteiger partial charge is 0.246 e. The van der Waals surface area contributed by atoms with Gasteiger partial charge in [0.1, 0.15) is 6.61 Å². The molecule has 0 fully saturated rings. The normalized spacial score (nSPS) is 12.5. The van der Waals surface area contributed by atoms with Crippen LogP contribution in [0.1, 0.15) is 19.8 Å². The molecule has 5 heteroatoms. The zero-order chi connectivity index (χ0) is 11.5. The summed E-state index contributed by atoms with van der Waals surface area (Å²) < 4.78 is 4.98. The summed E-state index contributed by atoms with van der Waals surface area (Å²) in [5, 5.41) is 11.5. The molecule has 0 heterocycles. The van der Waals surface area contributed by atoms with Crippen molar-refractivity contribution in [3.63, 3.8) is 0 Å². The average Bonchev–Trinajstić information content (AvgIpc) is 2.24. The lowest BCUT2D eigenvalue weighted by molar-refractivity contribution is -0.125. The van der Waals surface area contributed by atoms with Crippen LogP contribution in [-0.2, 0) is 9.53 Å². The third-order valence-electron chi connectivity index (χ3n) is 2.20. The molecule has 0 aromatic rings. The number of aliphatic hydroxyl groups is 1. The first kappa shape index (κ1) is 14.3. The van der Waals surface area contributed by atoms with Crippen LogP contribution in [0.4, 0.5) is 0 Å². The standard InChI is InChI=1S/C10H22N2O3/c1-2-9(3-5-13)7-12-10(14)8-15-6-4-11/h9,13H,2-8,11H2,1H3,(H,12,14). The van der Waals surface area contributed by atoms with Crippen molar-refractivity contribution in [2.24, 2.45) is 11.7 Å².